The van der Waals surface area contributed by atoms with Crippen LogP contribution >= 0.6 is 11.8 Å². The Kier molecular flexibility index (Phi) is 2.93. The predicted octanol–water partition coefficient (Wildman–Crippen LogP) is 3.58. The molecule has 6 heteroatoms. The average Bonchev–Trinajstić information content (AvgIpc) is 3.19. The van der Waals surface area contributed by atoms with Gasteiger partial charge in [-0.3, -0.25) is 14.7 Å². The van der Waals surface area contributed by atoms with Crippen molar-refractivity contribution in [3.63, 3.8) is 0 Å². The van der Waals surface area contributed by atoms with Crippen molar-refractivity contribution in [2.24, 2.45) is 4.99 Å². The van der Waals surface area contributed by atoms with E-state index in [0.717, 1.165) is 22.7 Å². The fourth-order valence-corrected chi connectivity index (χ4v) is 4.08. The number of carbonyl (C=O) groups excluding carboxylic acids is 1. The lowest BCUT2D eigenvalue weighted by atomic mass is 10.1. The molecule has 1 amide bonds. The maximum absolute atomic E-state index is 12.9. The zero-order valence-electron chi connectivity index (χ0n) is 12.5. The van der Waals surface area contributed by atoms with Crippen molar-refractivity contribution >= 4 is 41.3 Å². The quantitative estimate of drug-likeness (QED) is 0.747. The Hall–Kier alpha value is -2.73. The van der Waals surface area contributed by atoms with Crippen LogP contribution in [-0.2, 0) is 4.79 Å². The molecule has 0 aromatic heterocycles. The monoisotopic (exact) mass is 336 g/mol. The second-order valence-corrected chi connectivity index (χ2v) is 6.73. The molecule has 0 saturated carbocycles. The zero-order chi connectivity index (χ0) is 16.1. The third kappa shape index (κ3) is 2.03. The molecule has 2 aromatic rings. The number of rotatable bonds is 1. The van der Waals surface area contributed by atoms with Crippen LogP contribution in [0.2, 0.25) is 0 Å². The van der Waals surface area contributed by atoms with E-state index in [2.05, 4.69) is 4.99 Å². The van der Waals surface area contributed by atoms with Crippen molar-refractivity contribution in [1.82, 2.24) is 0 Å². The molecule has 1 saturated heterocycles. The van der Waals surface area contributed by atoms with Gasteiger partial charge in [-0.05, 0) is 35.9 Å². The number of carbonyl (C=O) groups is 1. The van der Waals surface area contributed by atoms with Crippen LogP contribution in [0.3, 0.4) is 0 Å². The zero-order valence-corrected chi connectivity index (χ0v) is 13.3. The Morgan fingerprint density at radius 2 is 2.04 bits per heavy atom. The van der Waals surface area contributed by atoms with E-state index in [9.17, 15) is 4.79 Å². The number of anilines is 1. The molecule has 5 nitrogen and oxygen atoms in total. The van der Waals surface area contributed by atoms with Crippen molar-refractivity contribution in [1.29, 1.82) is 0 Å². The van der Waals surface area contributed by atoms with E-state index in [0.29, 0.717) is 10.7 Å². The molecule has 0 bridgehead atoms. The summed E-state index contributed by atoms with van der Waals surface area (Å²) in [6, 6.07) is 13.4. The van der Waals surface area contributed by atoms with Gasteiger partial charge in [0.25, 0.3) is 5.91 Å². The first-order chi connectivity index (χ1) is 11.8. The Morgan fingerprint density at radius 1 is 1.17 bits per heavy atom. The average molecular weight is 336 g/mol. The summed E-state index contributed by atoms with van der Waals surface area (Å²) in [6.07, 6.45) is 3.72. The van der Waals surface area contributed by atoms with Crippen LogP contribution in [0.1, 0.15) is 5.56 Å². The van der Waals surface area contributed by atoms with Gasteiger partial charge >= 0.3 is 0 Å². The number of nitrogens with zero attached hydrogens (tertiary/aromatic N) is 2. The smallest absolute Gasteiger partial charge is 0.266 e. The largest absolute Gasteiger partial charge is 0.454 e. The van der Waals surface area contributed by atoms with Gasteiger partial charge in [0.15, 0.2) is 11.5 Å². The van der Waals surface area contributed by atoms with E-state index in [1.54, 1.807) is 4.90 Å². The SMILES string of the molecule is O=C1/C(=C\c2ccc3c(c2)OCO3)SC2C=Nc3ccccc3N12. The van der Waals surface area contributed by atoms with Gasteiger partial charge < -0.3 is 9.47 Å². The number of fused-ring (bicyclic) bond motifs is 4. The number of para-hydroxylation sites is 2. The Labute approximate surface area is 142 Å². The van der Waals surface area contributed by atoms with Crippen molar-refractivity contribution < 1.29 is 14.3 Å². The summed E-state index contributed by atoms with van der Waals surface area (Å²) in [5.74, 6) is 1.45. The summed E-state index contributed by atoms with van der Waals surface area (Å²) in [4.78, 5) is 19.8. The Balaban J connectivity index is 1.51. The normalized spacial score (nSPS) is 22.0. The molecule has 0 spiro atoms. The molecule has 0 radical (unpaired) electrons. The van der Waals surface area contributed by atoms with Crippen LogP contribution in [-0.4, -0.2) is 24.3 Å². The molecular weight excluding hydrogens is 324 g/mol. The van der Waals surface area contributed by atoms with Gasteiger partial charge in [0, 0.05) is 6.21 Å². The molecule has 3 aliphatic rings. The van der Waals surface area contributed by atoms with Crippen LogP contribution in [0.4, 0.5) is 11.4 Å². The van der Waals surface area contributed by atoms with E-state index < -0.39 is 0 Å². The molecular formula is C18H12N2O3S. The molecule has 3 aliphatic heterocycles. The maximum Gasteiger partial charge on any atom is 0.266 e. The summed E-state index contributed by atoms with van der Waals surface area (Å²) in [5, 5.41) is -0.0901. The first-order valence-corrected chi connectivity index (χ1v) is 8.42. The van der Waals surface area contributed by atoms with Gasteiger partial charge in [-0.25, -0.2) is 0 Å². The van der Waals surface area contributed by atoms with Crippen LogP contribution in [0.5, 0.6) is 11.5 Å². The summed E-state index contributed by atoms with van der Waals surface area (Å²) in [5.41, 5.74) is 2.60. The number of aliphatic imine (C=N–C) groups is 1. The van der Waals surface area contributed by atoms with Crippen molar-refractivity contribution in [3.8, 4) is 11.5 Å². The number of amides is 1. The van der Waals surface area contributed by atoms with Crippen LogP contribution in [0, 0.1) is 0 Å². The molecule has 0 aliphatic carbocycles. The molecule has 1 fully saturated rings. The Morgan fingerprint density at radius 3 is 3.00 bits per heavy atom. The maximum atomic E-state index is 12.9. The van der Waals surface area contributed by atoms with Gasteiger partial charge in [-0.1, -0.05) is 30.0 Å². The summed E-state index contributed by atoms with van der Waals surface area (Å²) in [6.45, 7) is 0.242. The molecule has 118 valence electrons. The molecule has 0 N–H and O–H groups in total. The fraction of sp³-hybridized carbons (Fsp3) is 0.111. The highest BCUT2D eigenvalue weighted by Gasteiger charge is 2.39. The van der Waals surface area contributed by atoms with Crippen LogP contribution < -0.4 is 14.4 Å². The highest BCUT2D eigenvalue weighted by atomic mass is 32.2. The molecule has 1 atom stereocenters. The number of thioether (sulfide) groups is 1. The summed E-state index contributed by atoms with van der Waals surface area (Å²) < 4.78 is 10.7. The van der Waals surface area contributed by atoms with Crippen molar-refractivity contribution in [3.05, 3.63) is 52.9 Å². The van der Waals surface area contributed by atoms with E-state index in [4.69, 9.17) is 9.47 Å². The van der Waals surface area contributed by atoms with E-state index >= 15 is 0 Å². The topological polar surface area (TPSA) is 51.1 Å². The molecule has 5 rings (SSSR count). The van der Waals surface area contributed by atoms with Crippen LogP contribution in [0.25, 0.3) is 6.08 Å². The highest BCUT2D eigenvalue weighted by Crippen LogP contribution is 2.44. The standard InChI is InChI=1S/C18H12N2O3S/c21-18-16(8-11-5-6-14-15(7-11)23-10-22-14)24-17-9-19-12-3-1-2-4-13(12)20(17)18/h1-9,17H,10H2/b16-8+. The minimum Gasteiger partial charge on any atom is -0.454 e. The van der Waals surface area contributed by atoms with Gasteiger partial charge in [0.1, 0.15) is 5.37 Å². The van der Waals surface area contributed by atoms with Crippen molar-refractivity contribution in [2.75, 3.05) is 11.7 Å². The lowest BCUT2D eigenvalue weighted by molar-refractivity contribution is -0.114. The minimum absolute atomic E-state index is 0.00117. The third-order valence-electron chi connectivity index (χ3n) is 4.11. The summed E-state index contributed by atoms with van der Waals surface area (Å²) in [7, 11) is 0. The molecule has 3 heterocycles. The summed E-state index contributed by atoms with van der Waals surface area (Å²) >= 11 is 1.51. The second-order valence-electron chi connectivity index (χ2n) is 5.57. The number of hydrogen-bond donors (Lipinski definition) is 0. The number of hydrogen-bond acceptors (Lipinski definition) is 5. The predicted molar refractivity (Wildman–Crippen MR) is 94.0 cm³/mol. The van der Waals surface area contributed by atoms with E-state index in [-0.39, 0.29) is 18.1 Å². The molecule has 2 aromatic carbocycles. The van der Waals surface area contributed by atoms with Gasteiger partial charge in [0.05, 0.1) is 16.3 Å². The number of ether oxygens (including phenoxy) is 2. The van der Waals surface area contributed by atoms with Gasteiger partial charge in [-0.2, -0.15) is 0 Å². The van der Waals surface area contributed by atoms with E-state index in [1.807, 2.05) is 54.8 Å². The van der Waals surface area contributed by atoms with Gasteiger partial charge in [0.2, 0.25) is 6.79 Å². The first kappa shape index (κ1) is 13.7. The highest BCUT2D eigenvalue weighted by molar-refractivity contribution is 8.06. The number of benzene rings is 2. The van der Waals surface area contributed by atoms with Crippen LogP contribution in [0.15, 0.2) is 52.4 Å². The van der Waals surface area contributed by atoms with E-state index in [1.165, 1.54) is 11.8 Å². The molecule has 24 heavy (non-hydrogen) atoms. The first-order valence-electron chi connectivity index (χ1n) is 7.54. The second kappa shape index (κ2) is 5.14. The molecule has 1 unspecified atom stereocenters. The van der Waals surface area contributed by atoms with Gasteiger partial charge in [-0.15, -0.1) is 0 Å². The third-order valence-corrected chi connectivity index (χ3v) is 5.23. The lowest BCUT2D eigenvalue weighted by Crippen LogP contribution is -2.34. The fourth-order valence-electron chi connectivity index (χ4n) is 2.98. The lowest BCUT2D eigenvalue weighted by Gasteiger charge is -2.25. The van der Waals surface area contributed by atoms with Crippen molar-refractivity contribution in [2.45, 2.75) is 5.37 Å². The minimum atomic E-state index is -0.0901. The Bertz CT molecular complexity index is 922.